The number of benzene rings is 2. The van der Waals surface area contributed by atoms with Crippen LogP contribution in [0.1, 0.15) is 56.3 Å². The van der Waals surface area contributed by atoms with Crippen LogP contribution in [-0.2, 0) is 23.1 Å². The molecule has 0 unspecified atom stereocenters. The highest BCUT2D eigenvalue weighted by molar-refractivity contribution is 7.89. The molecule has 2 aromatic carbocycles. The Hall–Kier alpha value is -2.42. The summed E-state index contributed by atoms with van der Waals surface area (Å²) in [6.45, 7) is 6.87. The molecule has 0 bridgehead atoms. The van der Waals surface area contributed by atoms with Gasteiger partial charge in [0.1, 0.15) is 11.6 Å². The van der Waals surface area contributed by atoms with E-state index in [-0.39, 0.29) is 0 Å². The van der Waals surface area contributed by atoms with Crippen molar-refractivity contribution in [2.24, 2.45) is 0 Å². The predicted octanol–water partition coefficient (Wildman–Crippen LogP) is 4.32. The molecule has 0 saturated carbocycles. The first-order valence-electron chi connectivity index (χ1n) is 12.5. The van der Waals surface area contributed by atoms with Crippen molar-refractivity contribution in [1.82, 2.24) is 18.8 Å². The maximum Gasteiger partial charge on any atom is 0.243 e. The number of fused-ring (bicyclic) bond motifs is 1. The average molecular weight is 483 g/mol. The molecule has 0 radical (unpaired) electrons. The summed E-state index contributed by atoms with van der Waals surface area (Å²) in [6.07, 6.45) is 5.12. The summed E-state index contributed by atoms with van der Waals surface area (Å²) < 4.78 is 30.1. The lowest BCUT2D eigenvalue weighted by atomic mass is 9.89. The van der Waals surface area contributed by atoms with Crippen molar-refractivity contribution in [3.63, 3.8) is 0 Å². The van der Waals surface area contributed by atoms with Gasteiger partial charge in [-0.3, -0.25) is 4.90 Å². The van der Waals surface area contributed by atoms with Crippen molar-refractivity contribution >= 4 is 21.1 Å². The van der Waals surface area contributed by atoms with Gasteiger partial charge in [-0.1, -0.05) is 18.6 Å². The van der Waals surface area contributed by atoms with E-state index in [9.17, 15) is 13.5 Å². The third kappa shape index (κ3) is 4.59. The fourth-order valence-corrected chi connectivity index (χ4v) is 6.96. The summed E-state index contributed by atoms with van der Waals surface area (Å²) in [4.78, 5) is 7.69. The second kappa shape index (κ2) is 9.68. The van der Waals surface area contributed by atoms with Crippen LogP contribution < -0.4 is 0 Å². The first-order chi connectivity index (χ1) is 16.5. The van der Waals surface area contributed by atoms with Gasteiger partial charge in [0.05, 0.1) is 22.5 Å². The molecule has 0 atom stereocenters. The predicted molar refractivity (Wildman–Crippen MR) is 133 cm³/mol. The zero-order valence-corrected chi connectivity index (χ0v) is 20.7. The SMILES string of the molecule is CCn1c(CN2CCC(c3ccc(O)cc3)CC2)nc2cc(S(=O)(=O)N3CCCCC3)ccc21. The number of hydrogen-bond donors (Lipinski definition) is 1. The molecule has 0 aliphatic carbocycles. The van der Waals surface area contributed by atoms with Gasteiger partial charge in [0.15, 0.2) is 0 Å². The number of nitrogens with zero attached hydrogens (tertiary/aromatic N) is 4. The Balaban J connectivity index is 1.32. The number of phenolic OH excluding ortho intramolecular Hbond substituents is 1. The van der Waals surface area contributed by atoms with Gasteiger partial charge < -0.3 is 9.67 Å². The van der Waals surface area contributed by atoms with E-state index in [1.165, 1.54) is 5.56 Å². The molecular formula is C26H34N4O3S. The van der Waals surface area contributed by atoms with Gasteiger partial charge in [0, 0.05) is 19.6 Å². The summed E-state index contributed by atoms with van der Waals surface area (Å²) in [5.74, 6) is 1.82. The van der Waals surface area contributed by atoms with Crippen molar-refractivity contribution in [1.29, 1.82) is 0 Å². The molecule has 3 heterocycles. The number of likely N-dealkylation sites (tertiary alicyclic amines) is 1. The molecule has 2 aliphatic heterocycles. The number of aryl methyl sites for hydroxylation is 1. The van der Waals surface area contributed by atoms with Crippen LogP contribution in [0.2, 0.25) is 0 Å². The van der Waals surface area contributed by atoms with Gasteiger partial charge in [-0.2, -0.15) is 4.31 Å². The fraction of sp³-hybridized carbons (Fsp3) is 0.500. The molecule has 0 amide bonds. The number of aromatic hydroxyl groups is 1. The van der Waals surface area contributed by atoms with Gasteiger partial charge in [0.25, 0.3) is 0 Å². The number of sulfonamides is 1. The van der Waals surface area contributed by atoms with E-state index in [0.29, 0.717) is 29.7 Å². The third-order valence-electron chi connectivity index (χ3n) is 7.38. The summed E-state index contributed by atoms with van der Waals surface area (Å²) in [5, 5.41) is 9.55. The Morgan fingerprint density at radius 3 is 2.35 bits per heavy atom. The smallest absolute Gasteiger partial charge is 0.243 e. The topological polar surface area (TPSA) is 78.7 Å². The van der Waals surface area contributed by atoms with Gasteiger partial charge >= 0.3 is 0 Å². The molecule has 5 rings (SSSR count). The minimum Gasteiger partial charge on any atom is -0.508 e. The molecule has 34 heavy (non-hydrogen) atoms. The first kappa shape index (κ1) is 23.3. The fourth-order valence-electron chi connectivity index (χ4n) is 5.42. The lowest BCUT2D eigenvalue weighted by molar-refractivity contribution is 0.198. The minimum atomic E-state index is -3.47. The van der Waals surface area contributed by atoms with E-state index in [4.69, 9.17) is 4.98 Å². The second-order valence-electron chi connectivity index (χ2n) is 9.53. The maximum absolute atomic E-state index is 13.1. The van der Waals surface area contributed by atoms with Gasteiger partial charge in [-0.25, -0.2) is 13.4 Å². The Bertz CT molecular complexity index is 1240. The Morgan fingerprint density at radius 2 is 1.68 bits per heavy atom. The molecule has 2 saturated heterocycles. The van der Waals surface area contributed by atoms with Crippen LogP contribution in [-0.4, -0.2) is 58.5 Å². The molecule has 8 heteroatoms. The monoisotopic (exact) mass is 482 g/mol. The Kier molecular flexibility index (Phi) is 6.64. The van der Waals surface area contributed by atoms with Gasteiger partial charge in [-0.15, -0.1) is 0 Å². The summed E-state index contributed by atoms with van der Waals surface area (Å²) in [7, 11) is -3.47. The number of aromatic nitrogens is 2. The normalized spacial score (nSPS) is 19.1. The van der Waals surface area contributed by atoms with Crippen LogP contribution in [0.25, 0.3) is 11.0 Å². The summed E-state index contributed by atoms with van der Waals surface area (Å²) >= 11 is 0. The van der Waals surface area contributed by atoms with Crippen LogP contribution in [0.5, 0.6) is 5.75 Å². The van der Waals surface area contributed by atoms with E-state index in [1.807, 2.05) is 18.2 Å². The maximum atomic E-state index is 13.1. The van der Waals surface area contributed by atoms with Gasteiger partial charge in [0.2, 0.25) is 10.0 Å². The summed E-state index contributed by atoms with van der Waals surface area (Å²) in [6, 6.07) is 13.0. The average Bonchev–Trinajstić information content (AvgIpc) is 3.21. The van der Waals surface area contributed by atoms with Crippen molar-refractivity contribution in [3.8, 4) is 5.75 Å². The van der Waals surface area contributed by atoms with Crippen molar-refractivity contribution in [3.05, 3.63) is 53.9 Å². The molecule has 2 aliphatic rings. The van der Waals surface area contributed by atoms with Gasteiger partial charge in [-0.05, 0) is 87.5 Å². The third-order valence-corrected chi connectivity index (χ3v) is 9.28. The Morgan fingerprint density at radius 1 is 0.971 bits per heavy atom. The number of piperidine rings is 2. The second-order valence-corrected chi connectivity index (χ2v) is 11.5. The van der Waals surface area contributed by atoms with Crippen LogP contribution in [0.3, 0.4) is 0 Å². The highest BCUT2D eigenvalue weighted by Crippen LogP contribution is 2.30. The zero-order valence-electron chi connectivity index (χ0n) is 19.9. The molecular weight excluding hydrogens is 448 g/mol. The number of rotatable bonds is 6. The standard InChI is InChI=1S/C26H34N4O3S/c1-2-30-25-11-10-23(34(32,33)29-14-4-3-5-15-29)18-24(25)27-26(30)19-28-16-12-21(13-17-28)20-6-8-22(31)9-7-20/h6-11,18,21,31H,2-5,12-17,19H2,1H3. The van der Waals surface area contributed by atoms with E-state index in [0.717, 1.165) is 75.1 Å². The van der Waals surface area contributed by atoms with E-state index < -0.39 is 10.0 Å². The highest BCUT2D eigenvalue weighted by atomic mass is 32.2. The molecule has 2 fully saturated rings. The zero-order chi connectivity index (χ0) is 23.7. The van der Waals surface area contributed by atoms with Crippen LogP contribution in [0, 0.1) is 0 Å². The molecule has 7 nitrogen and oxygen atoms in total. The van der Waals surface area contributed by atoms with E-state index in [2.05, 4.69) is 16.4 Å². The van der Waals surface area contributed by atoms with Crippen molar-refractivity contribution < 1.29 is 13.5 Å². The molecule has 1 N–H and O–H groups in total. The lowest BCUT2D eigenvalue weighted by Gasteiger charge is -2.32. The molecule has 182 valence electrons. The van der Waals surface area contributed by atoms with Crippen molar-refractivity contribution in [2.45, 2.75) is 62.9 Å². The molecule has 0 spiro atoms. The minimum absolute atomic E-state index is 0.312. The molecule has 3 aromatic rings. The van der Waals surface area contributed by atoms with Crippen LogP contribution in [0.15, 0.2) is 47.4 Å². The van der Waals surface area contributed by atoms with E-state index >= 15 is 0 Å². The number of phenols is 1. The largest absolute Gasteiger partial charge is 0.508 e. The van der Waals surface area contributed by atoms with Crippen LogP contribution >= 0.6 is 0 Å². The van der Waals surface area contributed by atoms with Crippen molar-refractivity contribution in [2.75, 3.05) is 26.2 Å². The van der Waals surface area contributed by atoms with Crippen LogP contribution in [0.4, 0.5) is 0 Å². The number of imidazole rings is 1. The number of hydrogen-bond acceptors (Lipinski definition) is 5. The summed E-state index contributed by atoms with van der Waals surface area (Å²) in [5.41, 5.74) is 3.05. The highest BCUT2D eigenvalue weighted by Gasteiger charge is 2.27. The van der Waals surface area contributed by atoms with E-state index in [1.54, 1.807) is 28.6 Å². The molecule has 1 aromatic heterocycles. The first-order valence-corrected chi connectivity index (χ1v) is 13.9. The Labute approximate surface area is 202 Å². The lowest BCUT2D eigenvalue weighted by Crippen LogP contribution is -2.35. The quantitative estimate of drug-likeness (QED) is 0.566.